The molecule has 0 saturated heterocycles. The molecule has 6 heteroatoms. The van der Waals surface area contributed by atoms with E-state index in [2.05, 4.69) is 15.5 Å². The first-order valence-electron chi connectivity index (χ1n) is 9.30. The number of benzene rings is 2. The highest BCUT2D eigenvalue weighted by Gasteiger charge is 2.20. The summed E-state index contributed by atoms with van der Waals surface area (Å²) in [6.45, 7) is 6.05. The van der Waals surface area contributed by atoms with Crippen molar-refractivity contribution in [2.75, 3.05) is 5.32 Å². The first-order valence-corrected chi connectivity index (χ1v) is 9.30. The van der Waals surface area contributed by atoms with Crippen LogP contribution in [-0.2, 0) is 5.41 Å². The van der Waals surface area contributed by atoms with Gasteiger partial charge >= 0.3 is 0 Å². The summed E-state index contributed by atoms with van der Waals surface area (Å²) in [4.78, 5) is 17.0. The zero-order valence-corrected chi connectivity index (χ0v) is 16.5. The maximum atomic E-state index is 12.6. The van der Waals surface area contributed by atoms with Crippen LogP contribution in [-0.4, -0.2) is 16.0 Å². The molecule has 0 saturated carbocycles. The molecule has 0 spiro atoms. The first kappa shape index (κ1) is 18.7. The Kier molecular flexibility index (Phi) is 4.76. The second-order valence-corrected chi connectivity index (χ2v) is 7.74. The number of fused-ring (bicyclic) bond motifs is 1. The predicted molar refractivity (Wildman–Crippen MR) is 111 cm³/mol. The summed E-state index contributed by atoms with van der Waals surface area (Å²) in [6, 6.07) is 18.3. The minimum Gasteiger partial charge on any atom is -0.457 e. The van der Waals surface area contributed by atoms with Crippen LogP contribution in [0.3, 0.4) is 0 Å². The van der Waals surface area contributed by atoms with E-state index in [0.717, 1.165) is 10.9 Å². The lowest BCUT2D eigenvalue weighted by Gasteiger charge is -2.12. The summed E-state index contributed by atoms with van der Waals surface area (Å²) >= 11 is 0. The Hall–Kier alpha value is -3.67. The van der Waals surface area contributed by atoms with Crippen molar-refractivity contribution in [1.82, 2.24) is 10.1 Å². The zero-order valence-electron chi connectivity index (χ0n) is 16.5. The summed E-state index contributed by atoms with van der Waals surface area (Å²) in [6.07, 6.45) is 1.70. The fourth-order valence-electron chi connectivity index (χ4n) is 2.86. The topological polar surface area (TPSA) is 77.2 Å². The first-order chi connectivity index (χ1) is 13.9. The SMILES string of the molecule is CC(C)(C)c1cc(NC(=O)c2cccc(Oc3ccnc4ccccc34)c2)no1. The minimum absolute atomic E-state index is 0.183. The van der Waals surface area contributed by atoms with Gasteiger partial charge in [0.2, 0.25) is 0 Å². The molecule has 0 fully saturated rings. The number of ether oxygens (including phenoxy) is 1. The number of pyridine rings is 1. The number of carbonyl (C=O) groups is 1. The van der Waals surface area contributed by atoms with Crippen molar-refractivity contribution in [3.63, 3.8) is 0 Å². The van der Waals surface area contributed by atoms with Gasteiger partial charge in [0.25, 0.3) is 5.91 Å². The van der Waals surface area contributed by atoms with Gasteiger partial charge in [-0.3, -0.25) is 9.78 Å². The second kappa shape index (κ2) is 7.39. The Morgan fingerprint density at radius 3 is 2.66 bits per heavy atom. The standard InChI is InChI=1S/C23H21N3O3/c1-23(2,3)20-14-21(26-29-20)25-22(27)15-7-6-8-16(13-15)28-19-11-12-24-18-10-5-4-9-17(18)19/h4-14H,1-3H3,(H,25,26,27). The Morgan fingerprint density at radius 2 is 1.86 bits per heavy atom. The Balaban J connectivity index is 1.54. The van der Waals surface area contributed by atoms with Crippen LogP contribution in [0.25, 0.3) is 10.9 Å². The highest BCUT2D eigenvalue weighted by Crippen LogP contribution is 2.29. The molecule has 6 nitrogen and oxygen atoms in total. The quantitative estimate of drug-likeness (QED) is 0.496. The molecule has 0 aliphatic carbocycles. The fourth-order valence-corrected chi connectivity index (χ4v) is 2.86. The van der Waals surface area contributed by atoms with Gasteiger partial charge in [-0.1, -0.05) is 44.1 Å². The van der Waals surface area contributed by atoms with Gasteiger partial charge < -0.3 is 14.6 Å². The molecule has 0 radical (unpaired) electrons. The summed E-state index contributed by atoms with van der Waals surface area (Å²) < 4.78 is 11.3. The van der Waals surface area contributed by atoms with Crippen LogP contribution in [0.4, 0.5) is 5.82 Å². The number of amides is 1. The van der Waals surface area contributed by atoms with Crippen LogP contribution in [0.1, 0.15) is 36.9 Å². The Morgan fingerprint density at radius 1 is 1.03 bits per heavy atom. The molecule has 2 heterocycles. The van der Waals surface area contributed by atoms with Crippen LogP contribution >= 0.6 is 0 Å². The Labute approximate surface area is 168 Å². The second-order valence-electron chi connectivity index (χ2n) is 7.74. The lowest BCUT2D eigenvalue weighted by atomic mass is 9.93. The van der Waals surface area contributed by atoms with Crippen LogP contribution in [0.15, 0.2) is 71.4 Å². The van der Waals surface area contributed by atoms with E-state index in [9.17, 15) is 4.79 Å². The van der Waals surface area contributed by atoms with Crippen molar-refractivity contribution in [2.45, 2.75) is 26.2 Å². The summed E-state index contributed by atoms with van der Waals surface area (Å²) in [7, 11) is 0. The van der Waals surface area contributed by atoms with Crippen LogP contribution in [0.2, 0.25) is 0 Å². The van der Waals surface area contributed by atoms with Gasteiger partial charge in [-0.2, -0.15) is 0 Å². The number of para-hydroxylation sites is 1. The van der Waals surface area contributed by atoms with Crippen molar-refractivity contribution in [2.24, 2.45) is 0 Å². The van der Waals surface area contributed by atoms with E-state index in [1.807, 2.05) is 45.0 Å². The van der Waals surface area contributed by atoms with Crippen LogP contribution < -0.4 is 10.1 Å². The van der Waals surface area contributed by atoms with Crippen molar-refractivity contribution in [3.05, 3.63) is 78.2 Å². The number of hydrogen-bond donors (Lipinski definition) is 1. The number of aromatic nitrogens is 2. The molecule has 0 bridgehead atoms. The van der Waals surface area contributed by atoms with Crippen molar-refractivity contribution >= 4 is 22.6 Å². The molecule has 1 amide bonds. The molecule has 0 aliphatic heterocycles. The van der Waals surface area contributed by atoms with E-state index in [1.165, 1.54) is 0 Å². The third-order valence-electron chi connectivity index (χ3n) is 4.42. The van der Waals surface area contributed by atoms with Gasteiger partial charge in [0, 0.05) is 28.6 Å². The number of carbonyl (C=O) groups excluding carboxylic acids is 1. The lowest BCUT2D eigenvalue weighted by Crippen LogP contribution is -2.12. The number of nitrogens with zero attached hydrogens (tertiary/aromatic N) is 2. The minimum atomic E-state index is -0.288. The number of nitrogens with one attached hydrogen (secondary N) is 1. The van der Waals surface area contributed by atoms with E-state index in [4.69, 9.17) is 9.26 Å². The normalized spacial score (nSPS) is 11.4. The smallest absolute Gasteiger partial charge is 0.257 e. The monoisotopic (exact) mass is 387 g/mol. The third kappa shape index (κ3) is 4.11. The van der Waals surface area contributed by atoms with E-state index in [-0.39, 0.29) is 11.3 Å². The highest BCUT2D eigenvalue weighted by molar-refractivity contribution is 6.04. The fraction of sp³-hybridized carbons (Fsp3) is 0.174. The average molecular weight is 387 g/mol. The maximum Gasteiger partial charge on any atom is 0.257 e. The van der Waals surface area contributed by atoms with Gasteiger partial charge in [0.1, 0.15) is 17.3 Å². The maximum absolute atomic E-state index is 12.6. The third-order valence-corrected chi connectivity index (χ3v) is 4.42. The van der Waals surface area contributed by atoms with Crippen molar-refractivity contribution in [3.8, 4) is 11.5 Å². The number of rotatable bonds is 4. The van der Waals surface area contributed by atoms with Gasteiger partial charge in [-0.05, 0) is 36.4 Å². The summed E-state index contributed by atoms with van der Waals surface area (Å²) in [5.74, 6) is 2.04. The number of hydrogen-bond acceptors (Lipinski definition) is 5. The molecule has 4 aromatic rings. The average Bonchev–Trinajstić information content (AvgIpc) is 3.18. The van der Waals surface area contributed by atoms with Crippen LogP contribution in [0.5, 0.6) is 11.5 Å². The molecule has 0 aliphatic rings. The predicted octanol–water partition coefficient (Wildman–Crippen LogP) is 5.56. The molecule has 146 valence electrons. The largest absolute Gasteiger partial charge is 0.457 e. The van der Waals surface area contributed by atoms with Crippen molar-refractivity contribution in [1.29, 1.82) is 0 Å². The highest BCUT2D eigenvalue weighted by atomic mass is 16.5. The molecule has 2 aromatic heterocycles. The molecule has 29 heavy (non-hydrogen) atoms. The van der Waals surface area contributed by atoms with E-state index >= 15 is 0 Å². The molecule has 1 N–H and O–H groups in total. The zero-order chi connectivity index (χ0) is 20.4. The summed E-state index contributed by atoms with van der Waals surface area (Å²) in [5, 5.41) is 7.59. The molecular formula is C23H21N3O3. The number of anilines is 1. The molecule has 0 unspecified atom stereocenters. The van der Waals surface area contributed by atoms with Gasteiger partial charge in [0.15, 0.2) is 5.82 Å². The van der Waals surface area contributed by atoms with Crippen LogP contribution in [0, 0.1) is 0 Å². The van der Waals surface area contributed by atoms with Gasteiger partial charge in [-0.15, -0.1) is 0 Å². The van der Waals surface area contributed by atoms with E-state index in [1.54, 1.807) is 42.6 Å². The Bertz CT molecular complexity index is 1170. The van der Waals surface area contributed by atoms with E-state index < -0.39 is 0 Å². The van der Waals surface area contributed by atoms with E-state index in [0.29, 0.717) is 28.6 Å². The van der Waals surface area contributed by atoms with Crippen molar-refractivity contribution < 1.29 is 14.1 Å². The molecule has 4 rings (SSSR count). The summed E-state index contributed by atoms with van der Waals surface area (Å²) in [5.41, 5.74) is 1.12. The molecular weight excluding hydrogens is 366 g/mol. The molecule has 2 aromatic carbocycles. The molecule has 0 atom stereocenters. The van der Waals surface area contributed by atoms with Gasteiger partial charge in [-0.25, -0.2) is 0 Å². The lowest BCUT2D eigenvalue weighted by molar-refractivity contribution is 0.102. The van der Waals surface area contributed by atoms with Gasteiger partial charge in [0.05, 0.1) is 5.52 Å².